The van der Waals surface area contributed by atoms with Gasteiger partial charge >= 0.3 is 0 Å². The Morgan fingerprint density at radius 3 is 2.82 bits per heavy atom. The van der Waals surface area contributed by atoms with E-state index in [1.807, 2.05) is 6.07 Å². The molecule has 0 saturated carbocycles. The average molecular weight is 436 g/mol. The van der Waals surface area contributed by atoms with E-state index in [2.05, 4.69) is 43.4 Å². The molecule has 2 N–H and O–H groups in total. The zero-order chi connectivity index (χ0) is 11.7. The first-order valence-electron chi connectivity index (χ1n) is 5.17. The fourth-order valence-corrected chi connectivity index (χ4v) is 2.78. The van der Waals surface area contributed by atoms with E-state index in [9.17, 15) is 4.39 Å². The van der Waals surface area contributed by atoms with Crippen molar-refractivity contribution >= 4 is 50.9 Å². The van der Waals surface area contributed by atoms with Crippen LogP contribution >= 0.6 is 50.9 Å². The highest BCUT2D eigenvalue weighted by atomic mass is 127. The second-order valence-corrected chi connectivity index (χ2v) is 6.16. The lowest BCUT2D eigenvalue weighted by atomic mass is 10.2. The first kappa shape index (κ1) is 15.6. The normalized spacial score (nSPS) is 20.4. The van der Waals surface area contributed by atoms with Crippen molar-refractivity contribution in [1.29, 1.82) is 0 Å². The number of halogens is 4. The molecule has 1 aliphatic heterocycles. The highest BCUT2D eigenvalue weighted by Gasteiger charge is 2.20. The molecule has 1 aromatic rings. The summed E-state index contributed by atoms with van der Waals surface area (Å²) >= 11 is 5.52. The molecule has 0 bridgehead atoms. The third kappa shape index (κ3) is 4.02. The Balaban J connectivity index is 0.00000144. The molecule has 0 spiro atoms. The number of rotatable bonds is 2. The molecule has 2 rings (SSSR count). The molecule has 1 aromatic carbocycles. The molecule has 0 amide bonds. The van der Waals surface area contributed by atoms with Crippen molar-refractivity contribution < 1.29 is 4.39 Å². The molecule has 0 radical (unpaired) electrons. The van der Waals surface area contributed by atoms with Crippen molar-refractivity contribution in [2.24, 2.45) is 5.73 Å². The standard InChI is InChI=1S/C11H13BrFIN2.ClH/c12-9-4-10(13)7(3-11(9)14)5-16-2-1-8(15)6-16;/h3-4,8H,1-2,5-6,15H2;1H. The molecule has 17 heavy (non-hydrogen) atoms. The lowest BCUT2D eigenvalue weighted by molar-refractivity contribution is 0.321. The van der Waals surface area contributed by atoms with E-state index < -0.39 is 0 Å². The van der Waals surface area contributed by atoms with E-state index >= 15 is 0 Å². The summed E-state index contributed by atoms with van der Waals surface area (Å²) in [6.07, 6.45) is 1.01. The maximum absolute atomic E-state index is 13.7. The minimum absolute atomic E-state index is 0. The van der Waals surface area contributed by atoms with Gasteiger partial charge in [0.15, 0.2) is 0 Å². The van der Waals surface area contributed by atoms with Gasteiger partial charge < -0.3 is 5.73 Å². The molecular formula is C11H14BrClFIN2. The van der Waals surface area contributed by atoms with Gasteiger partial charge in [-0.3, -0.25) is 4.90 Å². The minimum atomic E-state index is -0.146. The van der Waals surface area contributed by atoms with Crippen LogP contribution < -0.4 is 5.73 Å². The number of nitrogens with two attached hydrogens (primary N) is 1. The van der Waals surface area contributed by atoms with Crippen LogP contribution in [0, 0.1) is 9.39 Å². The van der Waals surface area contributed by atoms with Crippen LogP contribution in [0.15, 0.2) is 16.6 Å². The minimum Gasteiger partial charge on any atom is -0.326 e. The van der Waals surface area contributed by atoms with E-state index in [1.54, 1.807) is 0 Å². The Hall–Kier alpha value is 0.570. The summed E-state index contributed by atoms with van der Waals surface area (Å²) in [5, 5.41) is 0. The van der Waals surface area contributed by atoms with Crippen molar-refractivity contribution in [3.8, 4) is 0 Å². The summed E-state index contributed by atoms with van der Waals surface area (Å²) in [7, 11) is 0. The van der Waals surface area contributed by atoms with Crippen molar-refractivity contribution in [2.45, 2.75) is 19.0 Å². The first-order chi connectivity index (χ1) is 7.56. The molecule has 1 unspecified atom stereocenters. The van der Waals surface area contributed by atoms with Gasteiger partial charge in [0.05, 0.1) is 0 Å². The van der Waals surface area contributed by atoms with E-state index in [-0.39, 0.29) is 24.3 Å². The number of hydrogen-bond donors (Lipinski definition) is 1. The highest BCUT2D eigenvalue weighted by Crippen LogP contribution is 2.24. The van der Waals surface area contributed by atoms with Gasteiger partial charge in [0.2, 0.25) is 0 Å². The van der Waals surface area contributed by atoms with Crippen molar-refractivity contribution in [3.05, 3.63) is 31.6 Å². The first-order valence-corrected chi connectivity index (χ1v) is 7.05. The molecule has 0 aliphatic carbocycles. The lowest BCUT2D eigenvalue weighted by Crippen LogP contribution is -2.26. The van der Waals surface area contributed by atoms with Crippen LogP contribution in [0.5, 0.6) is 0 Å². The summed E-state index contributed by atoms with van der Waals surface area (Å²) < 4.78 is 15.5. The third-order valence-electron chi connectivity index (χ3n) is 2.79. The fraction of sp³-hybridized carbons (Fsp3) is 0.455. The van der Waals surface area contributed by atoms with Gasteiger partial charge in [0.25, 0.3) is 0 Å². The number of likely N-dealkylation sites (tertiary alicyclic amines) is 1. The van der Waals surface area contributed by atoms with Crippen LogP contribution in [0.2, 0.25) is 0 Å². The van der Waals surface area contributed by atoms with Crippen LogP contribution in [-0.4, -0.2) is 24.0 Å². The molecule has 1 aliphatic rings. The Morgan fingerprint density at radius 1 is 1.53 bits per heavy atom. The van der Waals surface area contributed by atoms with Crippen molar-refractivity contribution in [3.63, 3.8) is 0 Å². The summed E-state index contributed by atoms with van der Waals surface area (Å²) in [5.41, 5.74) is 6.58. The predicted octanol–water partition coefficient (Wildman–Crippen LogP) is 3.15. The van der Waals surface area contributed by atoms with Gasteiger partial charge in [0, 0.05) is 39.3 Å². The second-order valence-electron chi connectivity index (χ2n) is 4.14. The van der Waals surface area contributed by atoms with Crippen LogP contribution in [-0.2, 0) is 6.54 Å². The molecule has 1 saturated heterocycles. The van der Waals surface area contributed by atoms with Crippen molar-refractivity contribution in [1.82, 2.24) is 4.90 Å². The van der Waals surface area contributed by atoms with Crippen LogP contribution in [0.4, 0.5) is 4.39 Å². The zero-order valence-corrected chi connectivity index (χ0v) is 13.7. The summed E-state index contributed by atoms with van der Waals surface area (Å²) in [6, 6.07) is 3.68. The fourth-order valence-electron chi connectivity index (χ4n) is 1.93. The van der Waals surface area contributed by atoms with Crippen LogP contribution in [0.1, 0.15) is 12.0 Å². The molecule has 0 aromatic heterocycles. The van der Waals surface area contributed by atoms with E-state index in [4.69, 9.17) is 5.73 Å². The molecule has 1 atom stereocenters. The Kier molecular flexibility index (Phi) is 6.12. The number of benzene rings is 1. The Bertz CT molecular complexity index is 405. The average Bonchev–Trinajstić information content (AvgIpc) is 2.60. The largest absolute Gasteiger partial charge is 0.326 e. The van der Waals surface area contributed by atoms with Gasteiger partial charge in [0.1, 0.15) is 5.82 Å². The Morgan fingerprint density at radius 2 is 2.24 bits per heavy atom. The molecule has 1 heterocycles. The lowest BCUT2D eigenvalue weighted by Gasteiger charge is -2.16. The van der Waals surface area contributed by atoms with E-state index in [0.29, 0.717) is 6.54 Å². The summed E-state index contributed by atoms with van der Waals surface area (Å²) in [6.45, 7) is 2.49. The van der Waals surface area contributed by atoms with Gasteiger partial charge in [-0.25, -0.2) is 4.39 Å². The molecule has 2 nitrogen and oxygen atoms in total. The smallest absolute Gasteiger partial charge is 0.128 e. The molecule has 96 valence electrons. The maximum atomic E-state index is 13.7. The SMILES string of the molecule is Cl.NC1CCN(Cc2cc(I)c(Br)cc2F)C1. The van der Waals surface area contributed by atoms with E-state index in [1.165, 1.54) is 6.07 Å². The van der Waals surface area contributed by atoms with Gasteiger partial charge in [-0.2, -0.15) is 0 Å². The molecule has 6 heteroatoms. The Labute approximate surface area is 129 Å². The van der Waals surface area contributed by atoms with Gasteiger partial charge in [-0.05, 0) is 57.1 Å². The summed E-state index contributed by atoms with van der Waals surface area (Å²) in [5.74, 6) is -0.146. The van der Waals surface area contributed by atoms with Gasteiger partial charge in [-0.1, -0.05) is 0 Å². The number of hydrogen-bond acceptors (Lipinski definition) is 2. The van der Waals surface area contributed by atoms with Gasteiger partial charge in [-0.15, -0.1) is 12.4 Å². The highest BCUT2D eigenvalue weighted by molar-refractivity contribution is 14.1. The zero-order valence-electron chi connectivity index (χ0n) is 9.13. The second kappa shape index (κ2) is 6.65. The van der Waals surface area contributed by atoms with Crippen LogP contribution in [0.25, 0.3) is 0 Å². The summed E-state index contributed by atoms with van der Waals surface area (Å²) in [4.78, 5) is 2.20. The molecular weight excluding hydrogens is 421 g/mol. The predicted molar refractivity (Wildman–Crippen MR) is 81.9 cm³/mol. The number of nitrogens with zero attached hydrogens (tertiary/aromatic N) is 1. The third-order valence-corrected chi connectivity index (χ3v) is 5.08. The monoisotopic (exact) mass is 434 g/mol. The van der Waals surface area contributed by atoms with E-state index in [0.717, 1.165) is 33.1 Å². The molecule has 1 fully saturated rings. The topological polar surface area (TPSA) is 29.3 Å². The maximum Gasteiger partial charge on any atom is 0.128 e. The van der Waals surface area contributed by atoms with Crippen molar-refractivity contribution in [2.75, 3.05) is 13.1 Å². The van der Waals surface area contributed by atoms with Crippen LogP contribution in [0.3, 0.4) is 0 Å². The quantitative estimate of drug-likeness (QED) is 0.571.